The van der Waals surface area contributed by atoms with E-state index in [9.17, 15) is 4.79 Å². The lowest BCUT2D eigenvalue weighted by molar-refractivity contribution is 0.0999. The number of hydrogen-bond acceptors (Lipinski definition) is 2. The topological polar surface area (TPSA) is 56.6 Å². The number of nitriles is 1. The van der Waals surface area contributed by atoms with E-state index in [1.165, 1.54) is 5.56 Å². The van der Waals surface area contributed by atoms with Gasteiger partial charge in [-0.05, 0) is 12.0 Å². The molecular formula is C13H12N2O. The summed E-state index contributed by atoms with van der Waals surface area (Å²) in [6.07, 6.45) is 2.55. The van der Waals surface area contributed by atoms with Gasteiger partial charge in [-0.25, -0.2) is 0 Å². The quantitative estimate of drug-likeness (QED) is 0.795. The fourth-order valence-corrected chi connectivity index (χ4v) is 1.91. The number of carbonyl (C=O) groups is 1. The number of nitrogens with one attached hydrogen (secondary N) is 1. The van der Waals surface area contributed by atoms with E-state index in [0.717, 1.165) is 17.3 Å². The van der Waals surface area contributed by atoms with Crippen molar-refractivity contribution in [2.24, 2.45) is 0 Å². The highest BCUT2D eigenvalue weighted by Gasteiger charge is 2.12. The van der Waals surface area contributed by atoms with Gasteiger partial charge in [-0.2, -0.15) is 5.26 Å². The molecule has 0 aliphatic carbocycles. The summed E-state index contributed by atoms with van der Waals surface area (Å²) in [5, 5.41) is 9.44. The molecule has 3 nitrogen and oxygen atoms in total. The van der Waals surface area contributed by atoms with Crippen molar-refractivity contribution in [3.05, 3.63) is 35.5 Å². The van der Waals surface area contributed by atoms with Gasteiger partial charge >= 0.3 is 0 Å². The van der Waals surface area contributed by atoms with E-state index in [1.54, 1.807) is 6.20 Å². The van der Waals surface area contributed by atoms with E-state index in [1.807, 2.05) is 24.3 Å². The molecule has 2 aromatic rings. The maximum Gasteiger partial charge on any atom is 0.179 e. The Hall–Kier alpha value is -2.08. The average molecular weight is 212 g/mol. The van der Waals surface area contributed by atoms with Crippen LogP contribution in [0.1, 0.15) is 29.3 Å². The van der Waals surface area contributed by atoms with Crippen LogP contribution < -0.4 is 0 Å². The van der Waals surface area contributed by atoms with Gasteiger partial charge in [-0.1, -0.05) is 25.1 Å². The van der Waals surface area contributed by atoms with Crippen LogP contribution in [0.4, 0.5) is 0 Å². The van der Waals surface area contributed by atoms with E-state index < -0.39 is 0 Å². The molecule has 1 aromatic carbocycles. The molecule has 0 aliphatic rings. The van der Waals surface area contributed by atoms with E-state index in [2.05, 4.69) is 11.9 Å². The summed E-state index contributed by atoms with van der Waals surface area (Å²) in [7, 11) is 0. The van der Waals surface area contributed by atoms with Gasteiger partial charge in [-0.15, -0.1) is 0 Å². The molecule has 2 rings (SSSR count). The molecule has 0 amide bonds. The highest BCUT2D eigenvalue weighted by atomic mass is 16.1. The number of aryl methyl sites for hydroxylation is 1. The Morgan fingerprint density at radius 2 is 2.31 bits per heavy atom. The summed E-state index contributed by atoms with van der Waals surface area (Å²) in [5.41, 5.74) is 2.81. The van der Waals surface area contributed by atoms with Crippen molar-refractivity contribution in [1.82, 2.24) is 4.98 Å². The van der Waals surface area contributed by atoms with Crippen LogP contribution in [0.2, 0.25) is 0 Å². The Bertz CT molecular complexity index is 575. The van der Waals surface area contributed by atoms with Crippen molar-refractivity contribution in [1.29, 1.82) is 5.26 Å². The van der Waals surface area contributed by atoms with Crippen LogP contribution in [0.3, 0.4) is 0 Å². The van der Waals surface area contributed by atoms with E-state index in [4.69, 9.17) is 5.26 Å². The zero-order chi connectivity index (χ0) is 11.5. The largest absolute Gasteiger partial charge is 0.360 e. The standard InChI is InChI=1S/C13H12N2O/c1-2-9-4-3-5-10-11(8-15-13(9)10)12(16)6-7-14/h3-5,8,15H,2,6H2,1H3. The molecular weight excluding hydrogens is 200 g/mol. The SMILES string of the molecule is CCc1cccc2c(C(=O)CC#N)c[nH]c12. The smallest absolute Gasteiger partial charge is 0.179 e. The number of H-pyrrole nitrogens is 1. The van der Waals surface area contributed by atoms with Crippen LogP contribution in [0.25, 0.3) is 10.9 Å². The Balaban J connectivity index is 2.58. The molecule has 1 N–H and O–H groups in total. The molecule has 0 saturated carbocycles. The lowest BCUT2D eigenvalue weighted by atomic mass is 10.0. The Labute approximate surface area is 93.7 Å². The van der Waals surface area contributed by atoms with Crippen LogP contribution in [-0.4, -0.2) is 10.8 Å². The number of Topliss-reactive ketones (excluding diaryl/α,β-unsaturated/α-hetero) is 1. The molecule has 0 spiro atoms. The normalized spacial score (nSPS) is 10.2. The van der Waals surface area contributed by atoms with Crippen LogP contribution in [-0.2, 0) is 6.42 Å². The molecule has 16 heavy (non-hydrogen) atoms. The van der Waals surface area contributed by atoms with Gasteiger partial charge in [0.25, 0.3) is 0 Å². The molecule has 80 valence electrons. The number of aromatic amines is 1. The van der Waals surface area contributed by atoms with Gasteiger partial charge in [0, 0.05) is 22.7 Å². The Morgan fingerprint density at radius 3 is 3.00 bits per heavy atom. The molecule has 0 fully saturated rings. The first kappa shape index (κ1) is 10.4. The number of nitrogens with zero attached hydrogens (tertiary/aromatic N) is 1. The minimum atomic E-state index is -0.123. The second-order valence-corrected chi connectivity index (χ2v) is 3.65. The molecule has 0 saturated heterocycles. The molecule has 0 aliphatic heterocycles. The maximum atomic E-state index is 11.7. The predicted octanol–water partition coefficient (Wildman–Crippen LogP) is 2.83. The third-order valence-corrected chi connectivity index (χ3v) is 2.72. The van der Waals surface area contributed by atoms with Crippen molar-refractivity contribution in [2.75, 3.05) is 0 Å². The fraction of sp³-hybridized carbons (Fsp3) is 0.231. The van der Waals surface area contributed by atoms with E-state index in [-0.39, 0.29) is 12.2 Å². The van der Waals surface area contributed by atoms with Crippen LogP contribution >= 0.6 is 0 Å². The van der Waals surface area contributed by atoms with Crippen molar-refractivity contribution < 1.29 is 4.79 Å². The summed E-state index contributed by atoms with van der Waals surface area (Å²) in [5.74, 6) is -0.123. The summed E-state index contributed by atoms with van der Waals surface area (Å²) in [6.45, 7) is 2.08. The highest BCUT2D eigenvalue weighted by Crippen LogP contribution is 2.23. The van der Waals surface area contributed by atoms with Crippen LogP contribution in [0.15, 0.2) is 24.4 Å². The third-order valence-electron chi connectivity index (χ3n) is 2.72. The lowest BCUT2D eigenvalue weighted by Crippen LogP contribution is -1.95. The summed E-state index contributed by atoms with van der Waals surface area (Å²) in [6, 6.07) is 7.78. The molecule has 0 bridgehead atoms. The first-order chi connectivity index (χ1) is 7.77. The monoisotopic (exact) mass is 212 g/mol. The fourth-order valence-electron chi connectivity index (χ4n) is 1.91. The number of benzene rings is 1. The number of para-hydroxylation sites is 1. The third kappa shape index (κ3) is 1.59. The maximum absolute atomic E-state index is 11.7. The number of aromatic nitrogens is 1. The van der Waals surface area contributed by atoms with Gasteiger partial charge in [-0.3, -0.25) is 4.79 Å². The van der Waals surface area contributed by atoms with Gasteiger partial charge in [0.05, 0.1) is 12.5 Å². The lowest BCUT2D eigenvalue weighted by Gasteiger charge is -1.99. The highest BCUT2D eigenvalue weighted by molar-refractivity contribution is 6.09. The van der Waals surface area contributed by atoms with Crippen molar-refractivity contribution in [2.45, 2.75) is 19.8 Å². The molecule has 0 radical (unpaired) electrons. The number of ketones is 1. The first-order valence-electron chi connectivity index (χ1n) is 5.27. The minimum absolute atomic E-state index is 0.0662. The van der Waals surface area contributed by atoms with Crippen LogP contribution in [0, 0.1) is 11.3 Å². The molecule has 1 heterocycles. The van der Waals surface area contributed by atoms with Gasteiger partial charge in [0.1, 0.15) is 0 Å². The predicted molar refractivity (Wildman–Crippen MR) is 62.2 cm³/mol. The van der Waals surface area contributed by atoms with Crippen molar-refractivity contribution >= 4 is 16.7 Å². The number of hydrogen-bond donors (Lipinski definition) is 1. The zero-order valence-electron chi connectivity index (χ0n) is 9.08. The molecule has 3 heteroatoms. The summed E-state index contributed by atoms with van der Waals surface area (Å²) < 4.78 is 0. The molecule has 1 aromatic heterocycles. The van der Waals surface area contributed by atoms with E-state index >= 15 is 0 Å². The van der Waals surface area contributed by atoms with Crippen molar-refractivity contribution in [3.8, 4) is 6.07 Å². The number of rotatable bonds is 3. The average Bonchev–Trinajstić information content (AvgIpc) is 2.72. The summed E-state index contributed by atoms with van der Waals surface area (Å²) >= 11 is 0. The van der Waals surface area contributed by atoms with E-state index in [0.29, 0.717) is 5.56 Å². The minimum Gasteiger partial charge on any atom is -0.360 e. The van der Waals surface area contributed by atoms with Gasteiger partial charge < -0.3 is 4.98 Å². The first-order valence-corrected chi connectivity index (χ1v) is 5.27. The second-order valence-electron chi connectivity index (χ2n) is 3.65. The van der Waals surface area contributed by atoms with Gasteiger partial charge in [0.15, 0.2) is 5.78 Å². The molecule has 0 atom stereocenters. The summed E-state index contributed by atoms with van der Waals surface area (Å²) in [4.78, 5) is 14.8. The Kier molecular flexibility index (Phi) is 2.74. The second kappa shape index (κ2) is 4.19. The number of carbonyl (C=O) groups excluding carboxylic acids is 1. The zero-order valence-corrected chi connectivity index (χ0v) is 9.08. The van der Waals surface area contributed by atoms with Crippen molar-refractivity contribution in [3.63, 3.8) is 0 Å². The number of fused-ring (bicyclic) bond motifs is 1. The molecule has 0 unspecified atom stereocenters. The van der Waals surface area contributed by atoms with Crippen LogP contribution in [0.5, 0.6) is 0 Å². The van der Waals surface area contributed by atoms with Gasteiger partial charge in [0.2, 0.25) is 0 Å². The Morgan fingerprint density at radius 1 is 1.50 bits per heavy atom.